The normalized spacial score (nSPS) is 17.2. The predicted molar refractivity (Wildman–Crippen MR) is 156 cm³/mol. The van der Waals surface area contributed by atoms with Gasteiger partial charge in [0.25, 0.3) is 0 Å². The van der Waals surface area contributed by atoms with E-state index in [0.717, 1.165) is 54.6 Å². The van der Waals surface area contributed by atoms with E-state index in [2.05, 4.69) is 34.5 Å². The molecule has 2 unspecified atom stereocenters. The highest BCUT2D eigenvalue weighted by Crippen LogP contribution is 2.44. The number of piperidine rings is 1. The Morgan fingerprint density at radius 3 is 2.24 bits per heavy atom. The molecule has 41 heavy (non-hydrogen) atoms. The second-order valence-electron chi connectivity index (χ2n) is 10.9. The Labute approximate surface area is 240 Å². The van der Waals surface area contributed by atoms with Crippen molar-refractivity contribution >= 4 is 18.0 Å². The predicted octanol–water partition coefficient (Wildman–Crippen LogP) is 4.88. The van der Waals surface area contributed by atoms with Gasteiger partial charge in [-0.1, -0.05) is 85.3 Å². The van der Waals surface area contributed by atoms with Crippen molar-refractivity contribution < 1.29 is 24.2 Å². The van der Waals surface area contributed by atoms with Crippen LogP contribution in [-0.2, 0) is 20.9 Å². The summed E-state index contributed by atoms with van der Waals surface area (Å²) in [6.07, 6.45) is 1.81. The van der Waals surface area contributed by atoms with E-state index >= 15 is 0 Å². The Balaban J connectivity index is 1.21. The monoisotopic (exact) mass is 555 g/mol. The molecule has 3 aromatic rings. The summed E-state index contributed by atoms with van der Waals surface area (Å²) in [4.78, 5) is 41.9. The molecule has 0 aromatic heterocycles. The molecule has 0 radical (unpaired) electrons. The molecular formula is C33H37N3O5. The van der Waals surface area contributed by atoms with E-state index in [9.17, 15) is 19.5 Å². The molecule has 0 saturated carbocycles. The quantitative estimate of drug-likeness (QED) is 0.370. The fraction of sp³-hybridized carbons (Fsp3) is 0.364. The van der Waals surface area contributed by atoms with Gasteiger partial charge in [-0.05, 0) is 47.2 Å². The molecule has 3 aromatic carbocycles. The molecule has 1 aliphatic heterocycles. The third-order valence-electron chi connectivity index (χ3n) is 8.15. The Bertz CT molecular complexity index is 1330. The molecule has 1 fully saturated rings. The number of likely N-dealkylation sites (tertiary alicyclic amines) is 1. The third-order valence-corrected chi connectivity index (χ3v) is 8.15. The number of benzene rings is 3. The standard InChI is InChI=1S/C33H37N3O5/c1-35(21-24-13-9-10-18-36(24)20-23-11-3-2-4-12-23)32(39)30(19-31(37)38)34-33(40)41-22-29-27-16-7-5-14-25(27)26-15-6-8-17-28(26)29/h2-8,11-12,14-17,24,29-30H,9-10,13,18-22H2,1H3,(H,34,40)(H,37,38). The Hall–Kier alpha value is -4.17. The van der Waals surface area contributed by atoms with Crippen LogP contribution in [0.2, 0.25) is 0 Å². The number of ether oxygens (including phenoxy) is 1. The van der Waals surface area contributed by atoms with Gasteiger partial charge in [-0.15, -0.1) is 0 Å². The number of amides is 2. The van der Waals surface area contributed by atoms with Gasteiger partial charge in [-0.25, -0.2) is 4.79 Å². The van der Waals surface area contributed by atoms with Crippen LogP contribution >= 0.6 is 0 Å². The van der Waals surface area contributed by atoms with E-state index in [1.165, 1.54) is 5.56 Å². The van der Waals surface area contributed by atoms with Crippen LogP contribution in [0.5, 0.6) is 0 Å². The Morgan fingerprint density at radius 1 is 0.951 bits per heavy atom. The molecule has 2 amide bonds. The maximum absolute atomic E-state index is 13.4. The zero-order valence-electron chi connectivity index (χ0n) is 23.4. The number of rotatable bonds is 10. The molecule has 2 aliphatic rings. The van der Waals surface area contributed by atoms with Crippen LogP contribution in [-0.4, -0.2) is 71.7 Å². The summed E-state index contributed by atoms with van der Waals surface area (Å²) in [5, 5.41) is 12.0. The molecule has 214 valence electrons. The van der Waals surface area contributed by atoms with Crippen molar-refractivity contribution in [2.24, 2.45) is 0 Å². The largest absolute Gasteiger partial charge is 0.481 e. The molecule has 8 nitrogen and oxygen atoms in total. The van der Waals surface area contributed by atoms with Gasteiger partial charge in [0.2, 0.25) is 5.91 Å². The van der Waals surface area contributed by atoms with Crippen LogP contribution in [0.25, 0.3) is 11.1 Å². The van der Waals surface area contributed by atoms with Crippen LogP contribution in [0.1, 0.15) is 48.3 Å². The molecule has 2 N–H and O–H groups in total. The first kappa shape index (κ1) is 28.4. The van der Waals surface area contributed by atoms with Crippen LogP contribution < -0.4 is 5.32 Å². The van der Waals surface area contributed by atoms with E-state index in [-0.39, 0.29) is 18.6 Å². The average molecular weight is 556 g/mol. The summed E-state index contributed by atoms with van der Waals surface area (Å²) in [7, 11) is 1.67. The van der Waals surface area contributed by atoms with Crippen LogP contribution in [0.3, 0.4) is 0 Å². The van der Waals surface area contributed by atoms with Crippen molar-refractivity contribution in [3.05, 3.63) is 95.6 Å². The van der Waals surface area contributed by atoms with Gasteiger partial charge >= 0.3 is 12.1 Å². The number of nitrogens with zero attached hydrogens (tertiary/aromatic N) is 2. The molecule has 5 rings (SSSR count). The number of carbonyl (C=O) groups excluding carboxylic acids is 2. The molecular weight excluding hydrogens is 518 g/mol. The fourth-order valence-corrected chi connectivity index (χ4v) is 6.12. The minimum atomic E-state index is -1.22. The molecule has 1 heterocycles. The van der Waals surface area contributed by atoms with Crippen LogP contribution in [0.15, 0.2) is 78.9 Å². The Morgan fingerprint density at radius 2 is 1.59 bits per heavy atom. The summed E-state index contributed by atoms with van der Waals surface area (Å²) in [6, 6.07) is 25.2. The summed E-state index contributed by atoms with van der Waals surface area (Å²) in [6.45, 7) is 2.27. The van der Waals surface area contributed by atoms with E-state index in [1.807, 2.05) is 54.6 Å². The van der Waals surface area contributed by atoms with Gasteiger partial charge < -0.3 is 20.1 Å². The first-order valence-corrected chi connectivity index (χ1v) is 14.3. The number of nitrogens with one attached hydrogen (secondary N) is 1. The fourth-order valence-electron chi connectivity index (χ4n) is 6.12. The molecule has 2 atom stereocenters. The molecule has 0 spiro atoms. The van der Waals surface area contributed by atoms with Gasteiger partial charge in [0.1, 0.15) is 12.6 Å². The van der Waals surface area contributed by atoms with Gasteiger partial charge in [0, 0.05) is 32.1 Å². The number of aliphatic carboxylic acids is 1. The van der Waals surface area contributed by atoms with Crippen LogP contribution in [0.4, 0.5) is 4.79 Å². The van der Waals surface area contributed by atoms with Crippen molar-refractivity contribution in [1.82, 2.24) is 15.1 Å². The number of carbonyl (C=O) groups is 3. The topological polar surface area (TPSA) is 99.2 Å². The first-order valence-electron chi connectivity index (χ1n) is 14.3. The maximum Gasteiger partial charge on any atom is 0.407 e. The van der Waals surface area contributed by atoms with Crippen LogP contribution in [0, 0.1) is 0 Å². The molecule has 8 heteroatoms. The Kier molecular flexibility index (Phi) is 8.99. The molecule has 1 saturated heterocycles. The number of likely N-dealkylation sites (N-methyl/N-ethyl adjacent to an activating group) is 1. The lowest BCUT2D eigenvalue weighted by molar-refractivity contribution is -0.142. The zero-order chi connectivity index (χ0) is 28.8. The van der Waals surface area contributed by atoms with Gasteiger partial charge in [-0.3, -0.25) is 14.5 Å². The van der Waals surface area contributed by atoms with Gasteiger partial charge in [-0.2, -0.15) is 0 Å². The highest BCUT2D eigenvalue weighted by atomic mass is 16.5. The van der Waals surface area contributed by atoms with Gasteiger partial charge in [0.05, 0.1) is 6.42 Å². The summed E-state index contributed by atoms with van der Waals surface area (Å²) < 4.78 is 5.59. The summed E-state index contributed by atoms with van der Waals surface area (Å²) in [5.74, 6) is -1.74. The lowest BCUT2D eigenvalue weighted by Gasteiger charge is -2.38. The van der Waals surface area contributed by atoms with Gasteiger partial charge in [0.15, 0.2) is 0 Å². The lowest BCUT2D eigenvalue weighted by atomic mass is 9.98. The first-order chi connectivity index (χ1) is 19.9. The second kappa shape index (κ2) is 13.0. The van der Waals surface area contributed by atoms with Crippen molar-refractivity contribution in [2.45, 2.75) is 50.2 Å². The minimum absolute atomic E-state index is 0.0835. The SMILES string of the molecule is CN(CC1CCCCN1Cc1ccccc1)C(=O)C(CC(=O)O)NC(=O)OCC1c2ccccc2-c2ccccc21. The zero-order valence-corrected chi connectivity index (χ0v) is 23.4. The number of hydrogen-bond donors (Lipinski definition) is 2. The molecule has 1 aliphatic carbocycles. The number of alkyl carbamates (subject to hydrolysis) is 1. The number of fused-ring (bicyclic) bond motifs is 3. The summed E-state index contributed by atoms with van der Waals surface area (Å²) in [5.41, 5.74) is 5.59. The van der Waals surface area contributed by atoms with Crippen molar-refractivity contribution in [1.29, 1.82) is 0 Å². The number of carboxylic acids is 1. The smallest absolute Gasteiger partial charge is 0.407 e. The minimum Gasteiger partial charge on any atom is -0.481 e. The van der Waals surface area contributed by atoms with E-state index in [4.69, 9.17) is 4.74 Å². The number of carboxylic acid groups (broad SMARTS) is 1. The average Bonchev–Trinajstić information content (AvgIpc) is 3.30. The molecule has 0 bridgehead atoms. The van der Waals surface area contributed by atoms with Crippen molar-refractivity contribution in [2.75, 3.05) is 26.7 Å². The number of hydrogen-bond acceptors (Lipinski definition) is 5. The van der Waals surface area contributed by atoms with Crippen molar-refractivity contribution in [3.8, 4) is 11.1 Å². The third kappa shape index (κ3) is 6.77. The van der Waals surface area contributed by atoms with E-state index < -0.39 is 30.4 Å². The van der Waals surface area contributed by atoms with Crippen molar-refractivity contribution in [3.63, 3.8) is 0 Å². The highest BCUT2D eigenvalue weighted by molar-refractivity contribution is 5.89. The maximum atomic E-state index is 13.4. The van der Waals surface area contributed by atoms with E-state index in [1.54, 1.807) is 11.9 Å². The summed E-state index contributed by atoms with van der Waals surface area (Å²) >= 11 is 0. The second-order valence-corrected chi connectivity index (χ2v) is 10.9. The highest BCUT2D eigenvalue weighted by Gasteiger charge is 2.32. The van der Waals surface area contributed by atoms with E-state index in [0.29, 0.717) is 6.54 Å². The lowest BCUT2D eigenvalue weighted by Crippen LogP contribution is -2.52.